The average Bonchev–Trinajstić information content (AvgIpc) is 2.71. The standard InChI is InChI=1S/C15H29ClN4/c1-5-8-12(9-6-2)13(18-17)10-14-15(16)11(4)19-20(14)7-3/h12-13,18H,5-10,17H2,1-4H3. The normalized spacial score (nSPS) is 13.2. The Hall–Kier alpha value is -0.580. The van der Waals surface area contributed by atoms with E-state index in [1.165, 1.54) is 25.7 Å². The smallest absolute Gasteiger partial charge is 0.0847 e. The number of hydrogen-bond acceptors (Lipinski definition) is 3. The molecule has 0 saturated carbocycles. The molecule has 0 aromatic carbocycles. The summed E-state index contributed by atoms with van der Waals surface area (Å²) in [5.41, 5.74) is 5.02. The third-order valence-corrected chi connectivity index (χ3v) is 4.46. The summed E-state index contributed by atoms with van der Waals surface area (Å²) in [5.74, 6) is 6.40. The minimum Gasteiger partial charge on any atom is -0.271 e. The maximum Gasteiger partial charge on any atom is 0.0847 e. The fourth-order valence-corrected chi connectivity index (χ4v) is 3.13. The van der Waals surface area contributed by atoms with Gasteiger partial charge in [0.05, 0.1) is 16.4 Å². The lowest BCUT2D eigenvalue weighted by atomic mass is 9.88. The zero-order chi connectivity index (χ0) is 15.1. The second kappa shape index (κ2) is 8.65. The summed E-state index contributed by atoms with van der Waals surface area (Å²) in [6.07, 6.45) is 5.60. The Balaban J connectivity index is 2.91. The number of rotatable bonds is 9. The maximum atomic E-state index is 6.40. The summed E-state index contributed by atoms with van der Waals surface area (Å²) in [6.45, 7) is 9.34. The molecule has 0 saturated heterocycles. The van der Waals surface area contributed by atoms with Gasteiger partial charge in [-0.15, -0.1) is 0 Å². The highest BCUT2D eigenvalue weighted by Gasteiger charge is 2.23. The van der Waals surface area contributed by atoms with Crippen molar-refractivity contribution in [3.63, 3.8) is 0 Å². The van der Waals surface area contributed by atoms with Crippen LogP contribution in [0.25, 0.3) is 0 Å². The van der Waals surface area contributed by atoms with E-state index in [2.05, 4.69) is 31.3 Å². The molecule has 5 heteroatoms. The molecule has 3 N–H and O–H groups in total. The largest absolute Gasteiger partial charge is 0.271 e. The van der Waals surface area contributed by atoms with Gasteiger partial charge in [0.2, 0.25) is 0 Å². The van der Waals surface area contributed by atoms with Gasteiger partial charge in [-0.25, -0.2) is 0 Å². The predicted molar refractivity (Wildman–Crippen MR) is 85.8 cm³/mol. The summed E-state index contributed by atoms with van der Waals surface area (Å²) in [7, 11) is 0. The molecule has 4 nitrogen and oxygen atoms in total. The molecule has 0 amide bonds. The summed E-state index contributed by atoms with van der Waals surface area (Å²) >= 11 is 6.40. The first-order valence-electron chi connectivity index (χ1n) is 7.76. The highest BCUT2D eigenvalue weighted by molar-refractivity contribution is 6.31. The van der Waals surface area contributed by atoms with Crippen LogP contribution in [-0.4, -0.2) is 15.8 Å². The Labute approximate surface area is 128 Å². The van der Waals surface area contributed by atoms with E-state index in [0.29, 0.717) is 5.92 Å². The molecule has 0 aliphatic rings. The van der Waals surface area contributed by atoms with Crippen LogP contribution >= 0.6 is 11.6 Å². The molecule has 0 radical (unpaired) electrons. The van der Waals surface area contributed by atoms with E-state index in [4.69, 9.17) is 17.4 Å². The van der Waals surface area contributed by atoms with Crippen LogP contribution in [0.1, 0.15) is 57.8 Å². The number of aromatic nitrogens is 2. The van der Waals surface area contributed by atoms with Crippen LogP contribution in [0, 0.1) is 12.8 Å². The molecule has 0 fully saturated rings. The number of halogens is 1. The molecular formula is C15H29ClN4. The van der Waals surface area contributed by atoms with E-state index in [-0.39, 0.29) is 6.04 Å². The monoisotopic (exact) mass is 300 g/mol. The molecule has 0 aliphatic carbocycles. The van der Waals surface area contributed by atoms with E-state index in [1.807, 2.05) is 11.6 Å². The molecule has 116 valence electrons. The Bertz CT molecular complexity index is 397. The van der Waals surface area contributed by atoms with E-state index in [9.17, 15) is 0 Å². The second-order valence-electron chi connectivity index (χ2n) is 5.48. The molecule has 1 aromatic heterocycles. The number of nitrogens with one attached hydrogen (secondary N) is 1. The molecule has 0 aliphatic heterocycles. The van der Waals surface area contributed by atoms with Crippen LogP contribution in [0.2, 0.25) is 5.02 Å². The first kappa shape index (κ1) is 17.5. The van der Waals surface area contributed by atoms with Gasteiger partial charge >= 0.3 is 0 Å². The van der Waals surface area contributed by atoms with Crippen molar-refractivity contribution in [2.24, 2.45) is 11.8 Å². The molecule has 20 heavy (non-hydrogen) atoms. The van der Waals surface area contributed by atoms with Gasteiger partial charge in [0.1, 0.15) is 0 Å². The molecule has 1 heterocycles. The van der Waals surface area contributed by atoms with Crippen molar-refractivity contribution in [1.82, 2.24) is 15.2 Å². The summed E-state index contributed by atoms with van der Waals surface area (Å²) in [6, 6.07) is 0.258. The number of aryl methyl sites for hydroxylation is 2. The first-order chi connectivity index (χ1) is 9.58. The zero-order valence-corrected chi connectivity index (χ0v) is 14.0. The topological polar surface area (TPSA) is 55.9 Å². The maximum absolute atomic E-state index is 6.40. The fraction of sp³-hybridized carbons (Fsp3) is 0.800. The van der Waals surface area contributed by atoms with Crippen molar-refractivity contribution in [3.05, 3.63) is 16.4 Å². The van der Waals surface area contributed by atoms with Crippen molar-refractivity contribution in [1.29, 1.82) is 0 Å². The van der Waals surface area contributed by atoms with Gasteiger partial charge in [-0.2, -0.15) is 5.10 Å². The highest BCUT2D eigenvalue weighted by atomic mass is 35.5. The van der Waals surface area contributed by atoms with Gasteiger partial charge in [0.15, 0.2) is 0 Å². The number of hydrazine groups is 1. The molecular weight excluding hydrogens is 272 g/mol. The molecule has 1 rings (SSSR count). The summed E-state index contributed by atoms with van der Waals surface area (Å²) < 4.78 is 2.00. The average molecular weight is 301 g/mol. The third-order valence-electron chi connectivity index (χ3n) is 3.97. The number of nitrogens with zero attached hydrogens (tertiary/aromatic N) is 2. The van der Waals surface area contributed by atoms with Crippen LogP contribution in [0.5, 0.6) is 0 Å². The van der Waals surface area contributed by atoms with Gasteiger partial charge in [0, 0.05) is 19.0 Å². The predicted octanol–water partition coefficient (Wildman–Crippen LogP) is 3.46. The molecule has 0 bridgehead atoms. The first-order valence-corrected chi connectivity index (χ1v) is 8.14. The van der Waals surface area contributed by atoms with E-state index in [0.717, 1.165) is 29.4 Å². The highest BCUT2D eigenvalue weighted by Crippen LogP contribution is 2.26. The van der Waals surface area contributed by atoms with Crippen molar-refractivity contribution in [3.8, 4) is 0 Å². The Morgan fingerprint density at radius 3 is 2.30 bits per heavy atom. The zero-order valence-electron chi connectivity index (χ0n) is 13.2. The van der Waals surface area contributed by atoms with Crippen molar-refractivity contribution in [2.45, 2.75) is 72.4 Å². The van der Waals surface area contributed by atoms with Crippen LogP contribution < -0.4 is 11.3 Å². The summed E-state index contributed by atoms with van der Waals surface area (Å²) in [5, 5.41) is 5.27. The van der Waals surface area contributed by atoms with Crippen LogP contribution in [0.3, 0.4) is 0 Å². The molecule has 1 aromatic rings. The van der Waals surface area contributed by atoms with E-state index < -0.39 is 0 Å². The van der Waals surface area contributed by atoms with Gasteiger partial charge in [-0.05, 0) is 32.6 Å². The lowest BCUT2D eigenvalue weighted by Crippen LogP contribution is -2.43. The van der Waals surface area contributed by atoms with Crippen molar-refractivity contribution >= 4 is 11.6 Å². The SMILES string of the molecule is CCCC(CCC)C(Cc1c(Cl)c(C)nn1CC)NN. The quantitative estimate of drug-likeness (QED) is 0.542. The lowest BCUT2D eigenvalue weighted by Gasteiger charge is -2.26. The van der Waals surface area contributed by atoms with Gasteiger partial charge in [-0.1, -0.05) is 38.3 Å². The van der Waals surface area contributed by atoms with Gasteiger partial charge < -0.3 is 0 Å². The number of hydrogen-bond donors (Lipinski definition) is 2. The third kappa shape index (κ3) is 4.21. The van der Waals surface area contributed by atoms with Gasteiger partial charge in [-0.3, -0.25) is 16.0 Å². The second-order valence-corrected chi connectivity index (χ2v) is 5.85. The molecule has 1 unspecified atom stereocenters. The van der Waals surface area contributed by atoms with Gasteiger partial charge in [0.25, 0.3) is 0 Å². The van der Waals surface area contributed by atoms with Crippen molar-refractivity contribution < 1.29 is 0 Å². The number of nitrogens with two attached hydrogens (primary N) is 1. The Morgan fingerprint density at radius 1 is 1.25 bits per heavy atom. The minimum atomic E-state index is 0.258. The Kier molecular flexibility index (Phi) is 7.56. The van der Waals surface area contributed by atoms with E-state index >= 15 is 0 Å². The Morgan fingerprint density at radius 2 is 1.85 bits per heavy atom. The van der Waals surface area contributed by atoms with Crippen LogP contribution in [-0.2, 0) is 13.0 Å². The summed E-state index contributed by atoms with van der Waals surface area (Å²) in [4.78, 5) is 0. The fourth-order valence-electron chi connectivity index (χ4n) is 2.92. The molecule has 1 atom stereocenters. The van der Waals surface area contributed by atoms with Crippen molar-refractivity contribution in [2.75, 3.05) is 0 Å². The minimum absolute atomic E-state index is 0.258. The molecule has 0 spiro atoms. The van der Waals surface area contributed by atoms with Crippen LogP contribution in [0.15, 0.2) is 0 Å². The van der Waals surface area contributed by atoms with Crippen LogP contribution in [0.4, 0.5) is 0 Å². The van der Waals surface area contributed by atoms with E-state index in [1.54, 1.807) is 0 Å². The lowest BCUT2D eigenvalue weighted by molar-refractivity contribution is 0.307.